The molecule has 0 aliphatic carbocycles. The molecular formula is C13H27NS. The maximum absolute atomic E-state index is 2.70. The van der Waals surface area contributed by atoms with Crippen molar-refractivity contribution in [3.63, 3.8) is 0 Å². The van der Waals surface area contributed by atoms with Gasteiger partial charge in [0.05, 0.1) is 0 Å². The van der Waals surface area contributed by atoms with Crippen molar-refractivity contribution in [2.75, 3.05) is 13.1 Å². The van der Waals surface area contributed by atoms with Crippen molar-refractivity contribution < 1.29 is 0 Å². The van der Waals surface area contributed by atoms with Crippen molar-refractivity contribution in [2.45, 2.75) is 69.9 Å². The minimum absolute atomic E-state index is 0.788. The number of likely N-dealkylation sites (tertiary alicyclic amines) is 1. The molecule has 2 atom stereocenters. The zero-order valence-corrected chi connectivity index (χ0v) is 11.6. The van der Waals surface area contributed by atoms with Crippen molar-refractivity contribution >= 4 is 11.8 Å². The third-order valence-corrected chi connectivity index (χ3v) is 4.52. The number of hydrogen-bond donors (Lipinski definition) is 0. The molecule has 1 saturated heterocycles. The Kier molecular flexibility index (Phi) is 6.06. The van der Waals surface area contributed by atoms with Gasteiger partial charge in [-0.25, -0.2) is 0 Å². The molecule has 0 bridgehead atoms. The molecule has 2 heteroatoms. The Labute approximate surface area is 100.0 Å². The van der Waals surface area contributed by atoms with E-state index in [1.165, 1.54) is 38.8 Å². The first kappa shape index (κ1) is 13.4. The third kappa shape index (κ3) is 4.78. The van der Waals surface area contributed by atoms with Crippen LogP contribution in [0.1, 0.15) is 53.4 Å². The fourth-order valence-electron chi connectivity index (χ4n) is 2.46. The van der Waals surface area contributed by atoms with E-state index in [2.05, 4.69) is 44.4 Å². The lowest BCUT2D eigenvalue weighted by Gasteiger charge is -2.37. The molecule has 0 aromatic heterocycles. The SMILES string of the molecule is CCCC(C)N1CCCC(SC(C)C)C1. The molecule has 1 aliphatic rings. The second-order valence-electron chi connectivity index (χ2n) is 5.08. The number of rotatable bonds is 5. The Morgan fingerprint density at radius 3 is 2.67 bits per heavy atom. The molecule has 1 fully saturated rings. The average Bonchev–Trinajstić information content (AvgIpc) is 2.17. The van der Waals surface area contributed by atoms with E-state index in [0.29, 0.717) is 0 Å². The zero-order chi connectivity index (χ0) is 11.3. The van der Waals surface area contributed by atoms with Gasteiger partial charge >= 0.3 is 0 Å². The summed E-state index contributed by atoms with van der Waals surface area (Å²) < 4.78 is 0. The average molecular weight is 229 g/mol. The van der Waals surface area contributed by atoms with E-state index in [1.54, 1.807) is 0 Å². The van der Waals surface area contributed by atoms with E-state index in [9.17, 15) is 0 Å². The van der Waals surface area contributed by atoms with Crippen LogP contribution in [-0.4, -0.2) is 34.5 Å². The van der Waals surface area contributed by atoms with Crippen LogP contribution in [0.25, 0.3) is 0 Å². The van der Waals surface area contributed by atoms with Gasteiger partial charge in [-0.1, -0.05) is 27.2 Å². The Morgan fingerprint density at radius 2 is 2.07 bits per heavy atom. The lowest BCUT2D eigenvalue weighted by molar-refractivity contribution is 0.170. The summed E-state index contributed by atoms with van der Waals surface area (Å²) in [6, 6.07) is 0.797. The van der Waals surface area contributed by atoms with Crippen LogP contribution in [0.15, 0.2) is 0 Å². The first-order valence-electron chi connectivity index (χ1n) is 6.53. The second kappa shape index (κ2) is 6.80. The van der Waals surface area contributed by atoms with Gasteiger partial charge in [0.1, 0.15) is 0 Å². The molecule has 0 N–H and O–H groups in total. The summed E-state index contributed by atoms with van der Waals surface area (Å²) in [6.07, 6.45) is 5.51. The Hall–Kier alpha value is 0.310. The van der Waals surface area contributed by atoms with E-state index in [0.717, 1.165) is 16.5 Å². The number of hydrogen-bond acceptors (Lipinski definition) is 2. The lowest BCUT2D eigenvalue weighted by atomic mass is 10.1. The second-order valence-corrected chi connectivity index (χ2v) is 6.96. The van der Waals surface area contributed by atoms with Crippen LogP contribution in [-0.2, 0) is 0 Å². The quantitative estimate of drug-likeness (QED) is 0.706. The number of thioether (sulfide) groups is 1. The molecule has 1 aliphatic heterocycles. The van der Waals surface area contributed by atoms with Crippen molar-refractivity contribution in [3.8, 4) is 0 Å². The predicted octanol–water partition coefficient (Wildman–Crippen LogP) is 3.78. The van der Waals surface area contributed by atoms with Crippen LogP contribution in [0, 0.1) is 0 Å². The summed E-state index contributed by atoms with van der Waals surface area (Å²) in [4.78, 5) is 2.70. The first-order chi connectivity index (χ1) is 7.13. The third-order valence-electron chi connectivity index (χ3n) is 3.20. The van der Waals surface area contributed by atoms with E-state index in [1.807, 2.05) is 0 Å². The van der Waals surface area contributed by atoms with Gasteiger partial charge in [0.15, 0.2) is 0 Å². The highest BCUT2D eigenvalue weighted by molar-refractivity contribution is 8.00. The number of nitrogens with zero attached hydrogens (tertiary/aromatic N) is 1. The molecule has 90 valence electrons. The Morgan fingerprint density at radius 1 is 1.33 bits per heavy atom. The van der Waals surface area contributed by atoms with Gasteiger partial charge < -0.3 is 0 Å². The molecule has 0 saturated carbocycles. The minimum Gasteiger partial charge on any atom is -0.300 e. The lowest BCUT2D eigenvalue weighted by Crippen LogP contribution is -2.42. The van der Waals surface area contributed by atoms with E-state index < -0.39 is 0 Å². The summed E-state index contributed by atoms with van der Waals surface area (Å²) in [5.74, 6) is 0. The smallest absolute Gasteiger partial charge is 0.0178 e. The Balaban J connectivity index is 2.34. The summed E-state index contributed by atoms with van der Waals surface area (Å²) in [5, 5.41) is 1.68. The fraction of sp³-hybridized carbons (Fsp3) is 1.00. The van der Waals surface area contributed by atoms with E-state index in [4.69, 9.17) is 0 Å². The predicted molar refractivity (Wildman–Crippen MR) is 71.7 cm³/mol. The monoisotopic (exact) mass is 229 g/mol. The van der Waals surface area contributed by atoms with Crippen LogP contribution in [0.4, 0.5) is 0 Å². The van der Waals surface area contributed by atoms with Crippen molar-refractivity contribution in [3.05, 3.63) is 0 Å². The topological polar surface area (TPSA) is 3.24 Å². The van der Waals surface area contributed by atoms with E-state index in [-0.39, 0.29) is 0 Å². The zero-order valence-electron chi connectivity index (χ0n) is 10.8. The molecule has 15 heavy (non-hydrogen) atoms. The molecule has 1 heterocycles. The molecular weight excluding hydrogens is 202 g/mol. The summed E-state index contributed by atoms with van der Waals surface area (Å²) in [7, 11) is 0. The number of piperidine rings is 1. The highest BCUT2D eigenvalue weighted by Crippen LogP contribution is 2.27. The maximum atomic E-state index is 2.70. The van der Waals surface area contributed by atoms with Crippen molar-refractivity contribution in [1.82, 2.24) is 4.90 Å². The molecule has 2 unspecified atom stereocenters. The largest absolute Gasteiger partial charge is 0.300 e. The van der Waals surface area contributed by atoms with Crippen molar-refractivity contribution in [2.24, 2.45) is 0 Å². The van der Waals surface area contributed by atoms with Crippen LogP contribution in [0.2, 0.25) is 0 Å². The first-order valence-corrected chi connectivity index (χ1v) is 7.47. The van der Waals surface area contributed by atoms with Crippen LogP contribution < -0.4 is 0 Å². The Bertz CT molecular complexity index is 170. The van der Waals surface area contributed by atoms with Gasteiger partial charge in [0.2, 0.25) is 0 Å². The van der Waals surface area contributed by atoms with Crippen LogP contribution in [0.3, 0.4) is 0 Å². The highest BCUT2D eigenvalue weighted by Gasteiger charge is 2.23. The van der Waals surface area contributed by atoms with Gasteiger partial charge in [-0.15, -0.1) is 0 Å². The van der Waals surface area contributed by atoms with Crippen molar-refractivity contribution in [1.29, 1.82) is 0 Å². The maximum Gasteiger partial charge on any atom is 0.0178 e. The molecule has 0 radical (unpaired) electrons. The van der Waals surface area contributed by atoms with Gasteiger partial charge in [-0.2, -0.15) is 11.8 Å². The van der Waals surface area contributed by atoms with Gasteiger partial charge in [-0.3, -0.25) is 4.90 Å². The molecule has 0 aromatic carbocycles. The summed E-state index contributed by atoms with van der Waals surface area (Å²) in [5.41, 5.74) is 0. The van der Waals surface area contributed by atoms with Gasteiger partial charge in [0, 0.05) is 17.8 Å². The van der Waals surface area contributed by atoms with E-state index >= 15 is 0 Å². The molecule has 1 rings (SSSR count). The summed E-state index contributed by atoms with van der Waals surface area (Å²) >= 11 is 2.17. The molecule has 0 aromatic rings. The standard InChI is InChI=1S/C13H27NS/c1-5-7-12(4)14-9-6-8-13(10-14)15-11(2)3/h11-13H,5-10H2,1-4H3. The summed E-state index contributed by atoms with van der Waals surface area (Å²) in [6.45, 7) is 12.0. The van der Waals surface area contributed by atoms with Crippen LogP contribution >= 0.6 is 11.8 Å². The fourth-order valence-corrected chi connectivity index (χ4v) is 3.81. The molecule has 0 spiro atoms. The highest BCUT2D eigenvalue weighted by atomic mass is 32.2. The van der Waals surface area contributed by atoms with Crippen LogP contribution in [0.5, 0.6) is 0 Å². The van der Waals surface area contributed by atoms with Gasteiger partial charge in [0.25, 0.3) is 0 Å². The molecule has 0 amide bonds. The minimum atomic E-state index is 0.788. The normalized spacial score (nSPS) is 25.8. The van der Waals surface area contributed by atoms with Gasteiger partial charge in [-0.05, 0) is 38.0 Å². The molecule has 1 nitrogen and oxygen atoms in total.